The monoisotopic (exact) mass is 627 g/mol. The van der Waals surface area contributed by atoms with Crippen molar-refractivity contribution in [2.24, 2.45) is 5.41 Å². The molecule has 2 saturated heterocycles. The van der Waals surface area contributed by atoms with Crippen LogP contribution in [-0.2, 0) is 16.0 Å². The highest BCUT2D eigenvalue weighted by Crippen LogP contribution is 2.47. The molecule has 2 fully saturated rings. The molecule has 3 aliphatic heterocycles. The Labute approximate surface area is 272 Å². The number of thioether (sulfide) groups is 1. The smallest absolute Gasteiger partial charge is 0.322 e. The molecule has 9 heteroatoms. The second-order valence-electron chi connectivity index (χ2n) is 13.5. The summed E-state index contributed by atoms with van der Waals surface area (Å²) < 4.78 is 0. The molecule has 3 aromatic rings. The number of aromatic nitrogens is 1. The number of piperidine rings is 1. The van der Waals surface area contributed by atoms with Gasteiger partial charge in [0.2, 0.25) is 11.8 Å². The number of urea groups is 1. The summed E-state index contributed by atoms with van der Waals surface area (Å²) in [5, 5.41) is 2.46. The van der Waals surface area contributed by atoms with Crippen molar-refractivity contribution in [3.05, 3.63) is 84.2 Å². The van der Waals surface area contributed by atoms with Gasteiger partial charge in [-0.15, -0.1) is 11.8 Å². The van der Waals surface area contributed by atoms with Crippen molar-refractivity contribution in [2.45, 2.75) is 69.5 Å². The van der Waals surface area contributed by atoms with Crippen molar-refractivity contribution in [2.75, 3.05) is 31.5 Å². The Bertz CT molecular complexity index is 1540. The normalized spacial score (nSPS) is 21.0. The SMILES string of the molecule is CC(C)(C)CCN1C(=O)C(CC(=O)N2CCC(N3CCc4ccccc4NC3=O)CC2)SC1c1ccccc1-c1cccnc1.[HH]. The molecule has 8 nitrogen and oxygen atoms in total. The van der Waals surface area contributed by atoms with Gasteiger partial charge in [-0.3, -0.25) is 14.6 Å². The zero-order valence-corrected chi connectivity index (χ0v) is 27.3. The summed E-state index contributed by atoms with van der Waals surface area (Å²) in [7, 11) is 0. The number of nitrogens with zero attached hydrogens (tertiary/aromatic N) is 4. The molecule has 2 aromatic carbocycles. The second kappa shape index (κ2) is 13.3. The molecule has 2 unspecified atom stereocenters. The van der Waals surface area contributed by atoms with Crippen molar-refractivity contribution in [1.82, 2.24) is 19.7 Å². The number of nitrogens with one attached hydrogen (secondary N) is 1. The van der Waals surface area contributed by atoms with Gasteiger partial charge in [-0.05, 0) is 59.9 Å². The van der Waals surface area contributed by atoms with Gasteiger partial charge in [0.05, 0.1) is 5.25 Å². The number of anilines is 1. The number of rotatable bonds is 7. The molecule has 4 heterocycles. The van der Waals surface area contributed by atoms with Crippen molar-refractivity contribution in [3.8, 4) is 11.1 Å². The standard InChI is InChI=1S/C36H43N5O3S.H2/c1-36(2,3)17-22-41-33(43)31(45-34(41)29-12-6-5-11-28(29)26-10-8-18-37-24-26)23-32(42)39-19-15-27(16-20-39)40-21-14-25-9-4-7-13-30(25)38-35(40)44;/h4-13,18,24,27,31,34H,14-17,19-23H2,1-3H3,(H,38,44);1H. The van der Waals surface area contributed by atoms with Crippen LogP contribution in [-0.4, -0.2) is 75.0 Å². The van der Waals surface area contributed by atoms with E-state index in [4.69, 9.17) is 0 Å². The highest BCUT2D eigenvalue weighted by Gasteiger charge is 2.43. The van der Waals surface area contributed by atoms with Gasteiger partial charge in [-0.25, -0.2) is 4.79 Å². The predicted molar refractivity (Wildman–Crippen MR) is 182 cm³/mol. The average Bonchev–Trinajstić information content (AvgIpc) is 3.24. The molecule has 3 aliphatic rings. The minimum Gasteiger partial charge on any atom is -0.342 e. The first-order valence-electron chi connectivity index (χ1n) is 16.1. The minimum absolute atomic E-state index is 0. The topological polar surface area (TPSA) is 85.9 Å². The van der Waals surface area contributed by atoms with Crippen LogP contribution in [0.15, 0.2) is 73.1 Å². The third-order valence-electron chi connectivity index (χ3n) is 9.20. The Morgan fingerprint density at radius 2 is 1.76 bits per heavy atom. The highest BCUT2D eigenvalue weighted by atomic mass is 32.2. The fraction of sp³-hybridized carbons (Fsp3) is 0.444. The number of benzene rings is 2. The van der Waals surface area contributed by atoms with Crippen LogP contribution < -0.4 is 5.32 Å². The summed E-state index contributed by atoms with van der Waals surface area (Å²) >= 11 is 1.60. The van der Waals surface area contributed by atoms with Crippen molar-refractivity contribution in [3.63, 3.8) is 0 Å². The number of likely N-dealkylation sites (tertiary alicyclic amines) is 1. The van der Waals surface area contributed by atoms with Crippen LogP contribution in [0.4, 0.5) is 10.5 Å². The largest absolute Gasteiger partial charge is 0.342 e. The quantitative estimate of drug-likeness (QED) is 0.310. The Balaban J connectivity index is 0.00000417. The van der Waals surface area contributed by atoms with Gasteiger partial charge in [0.25, 0.3) is 0 Å². The lowest BCUT2D eigenvalue weighted by atomic mass is 9.92. The number of hydrogen-bond acceptors (Lipinski definition) is 5. The van der Waals surface area contributed by atoms with E-state index in [0.29, 0.717) is 26.2 Å². The molecule has 4 amide bonds. The van der Waals surface area contributed by atoms with E-state index in [9.17, 15) is 14.4 Å². The second-order valence-corrected chi connectivity index (χ2v) is 14.8. The lowest BCUT2D eigenvalue weighted by Crippen LogP contribution is -2.50. The van der Waals surface area contributed by atoms with Crippen molar-refractivity contribution in [1.29, 1.82) is 0 Å². The Morgan fingerprint density at radius 1 is 1.00 bits per heavy atom. The number of hydrogen-bond donors (Lipinski definition) is 1. The number of para-hydroxylation sites is 1. The van der Waals surface area contributed by atoms with Gasteiger partial charge >= 0.3 is 6.03 Å². The minimum atomic E-state index is -0.433. The third kappa shape index (κ3) is 7.03. The molecule has 1 aromatic heterocycles. The van der Waals surface area contributed by atoms with Crippen LogP contribution in [0.3, 0.4) is 0 Å². The number of pyridine rings is 1. The Kier molecular flexibility index (Phi) is 9.17. The first-order valence-corrected chi connectivity index (χ1v) is 17.0. The summed E-state index contributed by atoms with van der Waals surface area (Å²) in [5.41, 5.74) is 5.26. The van der Waals surface area contributed by atoms with E-state index >= 15 is 0 Å². The summed E-state index contributed by atoms with van der Waals surface area (Å²) in [4.78, 5) is 50.8. The van der Waals surface area contributed by atoms with E-state index in [0.717, 1.165) is 53.6 Å². The van der Waals surface area contributed by atoms with E-state index in [-0.39, 0.29) is 42.5 Å². The molecule has 1 N–H and O–H groups in total. The van der Waals surface area contributed by atoms with Gasteiger partial charge in [-0.2, -0.15) is 0 Å². The predicted octanol–water partition coefficient (Wildman–Crippen LogP) is 6.84. The maximum atomic E-state index is 14.0. The molecule has 0 spiro atoms. The molecule has 0 aliphatic carbocycles. The van der Waals surface area contributed by atoms with E-state index in [1.54, 1.807) is 18.0 Å². The van der Waals surface area contributed by atoms with E-state index in [2.05, 4.69) is 49.3 Å². The van der Waals surface area contributed by atoms with E-state index in [1.165, 1.54) is 0 Å². The molecule has 2 atom stereocenters. The molecule has 45 heavy (non-hydrogen) atoms. The zero-order valence-electron chi connectivity index (χ0n) is 26.4. The number of carbonyl (C=O) groups is 3. The fourth-order valence-electron chi connectivity index (χ4n) is 6.60. The Hall–Kier alpha value is -3.85. The van der Waals surface area contributed by atoms with Gasteiger partial charge in [0.15, 0.2) is 0 Å². The number of fused-ring (bicyclic) bond motifs is 1. The van der Waals surface area contributed by atoms with Crippen LogP contribution >= 0.6 is 11.8 Å². The van der Waals surface area contributed by atoms with E-state index < -0.39 is 5.25 Å². The van der Waals surface area contributed by atoms with Crippen LogP contribution in [0.25, 0.3) is 11.1 Å². The molecule has 0 radical (unpaired) electrons. The highest BCUT2D eigenvalue weighted by molar-refractivity contribution is 8.01. The first kappa shape index (κ1) is 31.1. The van der Waals surface area contributed by atoms with Gasteiger partial charge < -0.3 is 20.0 Å². The summed E-state index contributed by atoms with van der Waals surface area (Å²) in [6.45, 7) is 9.06. The summed E-state index contributed by atoms with van der Waals surface area (Å²) in [6.07, 6.45) is 6.96. The lowest BCUT2D eigenvalue weighted by Gasteiger charge is -2.38. The number of carbonyl (C=O) groups excluding carboxylic acids is 3. The molecule has 6 rings (SSSR count). The van der Waals surface area contributed by atoms with Crippen molar-refractivity contribution < 1.29 is 15.8 Å². The van der Waals surface area contributed by atoms with Gasteiger partial charge in [0, 0.05) is 63.7 Å². The molecular formula is C36H45N5O3S. The average molecular weight is 628 g/mol. The molecular weight excluding hydrogens is 582 g/mol. The van der Waals surface area contributed by atoms with Crippen LogP contribution in [0.1, 0.15) is 64.4 Å². The maximum Gasteiger partial charge on any atom is 0.322 e. The van der Waals surface area contributed by atoms with E-state index in [1.807, 2.05) is 63.4 Å². The molecule has 238 valence electrons. The summed E-state index contributed by atoms with van der Waals surface area (Å²) in [5.74, 6) is 0.0586. The van der Waals surface area contributed by atoms with Crippen LogP contribution in [0.5, 0.6) is 0 Å². The van der Waals surface area contributed by atoms with Gasteiger partial charge in [0.1, 0.15) is 5.37 Å². The van der Waals surface area contributed by atoms with Crippen molar-refractivity contribution >= 4 is 35.3 Å². The summed E-state index contributed by atoms with van der Waals surface area (Å²) in [6, 6.07) is 20.2. The molecule has 0 saturated carbocycles. The van der Waals surface area contributed by atoms with Crippen LogP contribution in [0.2, 0.25) is 0 Å². The molecule has 0 bridgehead atoms. The maximum absolute atomic E-state index is 14.0. The zero-order chi connectivity index (χ0) is 31.6. The third-order valence-corrected chi connectivity index (χ3v) is 10.7. The van der Waals surface area contributed by atoms with Crippen LogP contribution in [0, 0.1) is 5.41 Å². The lowest BCUT2D eigenvalue weighted by molar-refractivity contribution is -0.137. The van der Waals surface area contributed by atoms with Gasteiger partial charge in [-0.1, -0.05) is 69.3 Å². The fourth-order valence-corrected chi connectivity index (χ4v) is 8.11. The number of amides is 4. The Morgan fingerprint density at radius 3 is 2.51 bits per heavy atom. The first-order chi connectivity index (χ1) is 21.7.